The molecule has 0 aliphatic heterocycles. The summed E-state index contributed by atoms with van der Waals surface area (Å²) in [5.41, 5.74) is 2.88. The Morgan fingerprint density at radius 2 is 1.65 bits per heavy atom. The normalized spacial score (nSPS) is 13.1. The monoisotopic (exact) mass is 491 g/mol. The Hall–Kier alpha value is -2.94. The first-order chi connectivity index (χ1) is 15.8. The lowest BCUT2D eigenvalue weighted by molar-refractivity contribution is -0.139. The first-order valence-corrected chi connectivity index (χ1v) is 13.1. The predicted molar refractivity (Wildman–Crippen MR) is 132 cm³/mol. The fourth-order valence-corrected chi connectivity index (χ4v) is 4.17. The van der Waals surface area contributed by atoms with Crippen molar-refractivity contribution >= 4 is 27.5 Å². The van der Waals surface area contributed by atoms with Crippen LogP contribution in [0.1, 0.15) is 43.9 Å². The number of anilines is 1. The molecule has 7 nitrogen and oxygen atoms in total. The van der Waals surface area contributed by atoms with Gasteiger partial charge in [-0.2, -0.15) is 0 Å². The molecule has 0 unspecified atom stereocenters. The minimum Gasteiger partial charge on any atom is -0.352 e. The van der Waals surface area contributed by atoms with Crippen LogP contribution in [0.3, 0.4) is 0 Å². The molecule has 0 radical (unpaired) electrons. The van der Waals surface area contributed by atoms with Crippen molar-refractivity contribution in [2.75, 3.05) is 17.1 Å². The van der Waals surface area contributed by atoms with Gasteiger partial charge in [0, 0.05) is 12.6 Å². The summed E-state index contributed by atoms with van der Waals surface area (Å²) in [5.74, 6) is -1.30. The van der Waals surface area contributed by atoms with Gasteiger partial charge in [0.25, 0.3) is 0 Å². The molecule has 0 aliphatic carbocycles. The lowest BCUT2D eigenvalue weighted by Gasteiger charge is -2.32. The van der Waals surface area contributed by atoms with Crippen LogP contribution in [-0.2, 0) is 26.2 Å². The summed E-state index contributed by atoms with van der Waals surface area (Å²) in [6.07, 6.45) is 1.76. The maximum Gasteiger partial charge on any atom is 0.244 e. The van der Waals surface area contributed by atoms with Gasteiger partial charge in [0.15, 0.2) is 0 Å². The Morgan fingerprint density at radius 1 is 1.03 bits per heavy atom. The van der Waals surface area contributed by atoms with Crippen LogP contribution in [0.5, 0.6) is 0 Å². The number of carbonyl (C=O) groups excluding carboxylic acids is 2. The number of hydrogen-bond donors (Lipinski definition) is 1. The molecular weight excluding hydrogens is 457 g/mol. The molecule has 2 amide bonds. The third-order valence-corrected chi connectivity index (χ3v) is 7.03. The summed E-state index contributed by atoms with van der Waals surface area (Å²) in [5, 5.41) is 2.86. The van der Waals surface area contributed by atoms with E-state index in [-0.39, 0.29) is 18.5 Å². The number of benzene rings is 2. The average molecular weight is 492 g/mol. The molecule has 0 bridgehead atoms. The largest absolute Gasteiger partial charge is 0.352 e. The Bertz CT molecular complexity index is 1120. The first kappa shape index (κ1) is 27.3. The fraction of sp³-hybridized carbons (Fsp3) is 0.440. The minimum absolute atomic E-state index is 0.0265. The number of aryl methyl sites for hydroxylation is 2. The number of nitrogens with one attached hydrogen (secondary N) is 1. The second-order valence-electron chi connectivity index (χ2n) is 8.68. The molecule has 0 fully saturated rings. The van der Waals surface area contributed by atoms with Gasteiger partial charge >= 0.3 is 0 Å². The molecular formula is C25H34FN3O4S. The van der Waals surface area contributed by atoms with E-state index in [4.69, 9.17) is 0 Å². The number of halogens is 1. The van der Waals surface area contributed by atoms with E-state index < -0.39 is 34.3 Å². The van der Waals surface area contributed by atoms with E-state index in [1.807, 2.05) is 27.7 Å². The molecule has 2 rings (SSSR count). The Kier molecular flexibility index (Phi) is 9.21. The van der Waals surface area contributed by atoms with E-state index >= 15 is 0 Å². The highest BCUT2D eigenvalue weighted by molar-refractivity contribution is 7.92. The van der Waals surface area contributed by atoms with Crippen molar-refractivity contribution in [2.24, 2.45) is 0 Å². The van der Waals surface area contributed by atoms with Gasteiger partial charge in [0.05, 0.1) is 11.9 Å². The number of carbonyl (C=O) groups is 2. The van der Waals surface area contributed by atoms with E-state index in [0.717, 1.165) is 28.1 Å². The zero-order chi connectivity index (χ0) is 25.6. The van der Waals surface area contributed by atoms with Crippen molar-refractivity contribution in [3.63, 3.8) is 0 Å². The Balaban J connectivity index is 2.39. The number of amides is 2. The number of sulfonamides is 1. The number of hydrogen-bond acceptors (Lipinski definition) is 4. The van der Waals surface area contributed by atoms with Crippen LogP contribution in [0.25, 0.3) is 0 Å². The molecule has 0 aliphatic rings. The van der Waals surface area contributed by atoms with Gasteiger partial charge in [-0.15, -0.1) is 0 Å². The van der Waals surface area contributed by atoms with E-state index in [1.54, 1.807) is 25.1 Å². The molecule has 1 N–H and O–H groups in total. The average Bonchev–Trinajstić information content (AvgIpc) is 2.77. The van der Waals surface area contributed by atoms with E-state index in [0.29, 0.717) is 11.3 Å². The van der Waals surface area contributed by atoms with E-state index in [9.17, 15) is 22.4 Å². The summed E-state index contributed by atoms with van der Waals surface area (Å²) in [6.45, 7) is 8.73. The zero-order valence-corrected chi connectivity index (χ0v) is 21.4. The van der Waals surface area contributed by atoms with Gasteiger partial charge in [-0.05, 0) is 75.1 Å². The van der Waals surface area contributed by atoms with Crippen LogP contribution < -0.4 is 9.62 Å². The minimum atomic E-state index is -3.79. The van der Waals surface area contributed by atoms with Gasteiger partial charge in [0.2, 0.25) is 21.8 Å². The molecule has 34 heavy (non-hydrogen) atoms. The topological polar surface area (TPSA) is 86.8 Å². The van der Waals surface area contributed by atoms with Crippen LogP contribution in [0.2, 0.25) is 0 Å². The lowest BCUT2D eigenvalue weighted by atomic mass is 10.1. The van der Waals surface area contributed by atoms with Gasteiger partial charge in [0.1, 0.15) is 18.4 Å². The quantitative estimate of drug-likeness (QED) is 0.551. The highest BCUT2D eigenvalue weighted by atomic mass is 32.2. The summed E-state index contributed by atoms with van der Waals surface area (Å²) in [7, 11) is -3.79. The summed E-state index contributed by atoms with van der Waals surface area (Å²) in [6, 6.07) is 9.84. The second-order valence-corrected chi connectivity index (χ2v) is 10.6. The third-order valence-electron chi connectivity index (χ3n) is 5.89. The predicted octanol–water partition coefficient (Wildman–Crippen LogP) is 3.54. The van der Waals surface area contributed by atoms with E-state index in [1.165, 1.54) is 29.2 Å². The maximum atomic E-state index is 13.5. The molecule has 0 spiro atoms. The van der Waals surface area contributed by atoms with Crippen molar-refractivity contribution in [1.29, 1.82) is 0 Å². The third kappa shape index (κ3) is 7.28. The van der Waals surface area contributed by atoms with Crippen molar-refractivity contribution in [3.8, 4) is 0 Å². The van der Waals surface area contributed by atoms with Crippen molar-refractivity contribution in [1.82, 2.24) is 10.2 Å². The molecule has 0 aromatic heterocycles. The molecule has 9 heteroatoms. The summed E-state index contributed by atoms with van der Waals surface area (Å²) in [4.78, 5) is 27.6. The van der Waals surface area contributed by atoms with Gasteiger partial charge in [-0.3, -0.25) is 13.9 Å². The van der Waals surface area contributed by atoms with Gasteiger partial charge in [-0.1, -0.05) is 25.1 Å². The van der Waals surface area contributed by atoms with Crippen LogP contribution in [0.15, 0.2) is 42.5 Å². The number of rotatable bonds is 10. The maximum absolute atomic E-state index is 13.5. The van der Waals surface area contributed by atoms with E-state index in [2.05, 4.69) is 5.32 Å². The fourth-order valence-electron chi connectivity index (χ4n) is 3.33. The molecule has 0 heterocycles. The van der Waals surface area contributed by atoms with Crippen molar-refractivity contribution < 1.29 is 22.4 Å². The summed E-state index contributed by atoms with van der Waals surface area (Å²) < 4.78 is 39.6. The molecule has 2 aromatic rings. The summed E-state index contributed by atoms with van der Waals surface area (Å²) >= 11 is 0. The second kappa shape index (κ2) is 11.5. The van der Waals surface area contributed by atoms with Crippen LogP contribution in [-0.4, -0.2) is 50.0 Å². The van der Waals surface area contributed by atoms with Crippen molar-refractivity contribution in [2.45, 2.75) is 59.7 Å². The molecule has 186 valence electrons. The standard InChI is InChI=1S/C25H34FN3O4S/c1-7-19(4)27-25(31)20(5)28(15-21-9-11-22(26)12-10-21)24(30)16-29(34(6,32)33)23-13-8-17(2)18(3)14-23/h8-14,19-20H,7,15-16H2,1-6H3,(H,27,31)/t19-,20+/m1/s1. The number of nitrogens with zero attached hydrogens (tertiary/aromatic N) is 2. The first-order valence-electron chi connectivity index (χ1n) is 11.2. The SMILES string of the molecule is CC[C@@H](C)NC(=O)[C@H](C)N(Cc1ccc(F)cc1)C(=O)CN(c1ccc(C)c(C)c1)S(C)(=O)=O. The Morgan fingerprint density at radius 3 is 2.18 bits per heavy atom. The highest BCUT2D eigenvalue weighted by Gasteiger charge is 2.30. The molecule has 0 saturated carbocycles. The van der Waals surface area contributed by atoms with Crippen LogP contribution >= 0.6 is 0 Å². The van der Waals surface area contributed by atoms with Crippen molar-refractivity contribution in [3.05, 3.63) is 65.0 Å². The zero-order valence-electron chi connectivity index (χ0n) is 20.6. The van der Waals surface area contributed by atoms with Gasteiger partial charge in [-0.25, -0.2) is 12.8 Å². The molecule has 0 saturated heterocycles. The molecule has 2 atom stereocenters. The Labute approximate surface area is 202 Å². The lowest BCUT2D eigenvalue weighted by Crippen LogP contribution is -2.52. The van der Waals surface area contributed by atoms with Crippen LogP contribution in [0, 0.1) is 19.7 Å². The van der Waals surface area contributed by atoms with Crippen LogP contribution in [0.4, 0.5) is 10.1 Å². The van der Waals surface area contributed by atoms with Gasteiger partial charge < -0.3 is 10.2 Å². The molecule has 2 aromatic carbocycles. The highest BCUT2D eigenvalue weighted by Crippen LogP contribution is 2.22. The smallest absolute Gasteiger partial charge is 0.244 e.